The molecule has 3 nitrogen and oxygen atoms in total. The zero-order valence-electron chi connectivity index (χ0n) is 9.77. The van der Waals surface area contributed by atoms with Crippen LogP contribution in [0.25, 0.3) is 0 Å². The van der Waals surface area contributed by atoms with Crippen LogP contribution in [-0.2, 0) is 13.0 Å². The maximum atomic E-state index is 4.57. The highest BCUT2D eigenvalue weighted by atomic mass is 15.0. The average molecular weight is 207 g/mol. The quantitative estimate of drug-likeness (QED) is 0.795. The first-order valence-electron chi connectivity index (χ1n) is 6.07. The SMILES string of the molecule is CCc1nc(CNC2CCCC2)[nH]c1C. The summed E-state index contributed by atoms with van der Waals surface area (Å²) >= 11 is 0. The minimum absolute atomic E-state index is 0.723. The predicted octanol–water partition coefficient (Wildman–Crippen LogP) is 2.31. The minimum atomic E-state index is 0.723. The molecule has 0 unspecified atom stereocenters. The van der Waals surface area contributed by atoms with Crippen LogP contribution in [0.5, 0.6) is 0 Å². The molecule has 0 aromatic carbocycles. The first kappa shape index (κ1) is 10.7. The lowest BCUT2D eigenvalue weighted by Gasteiger charge is -2.09. The summed E-state index contributed by atoms with van der Waals surface area (Å²) in [5.74, 6) is 1.09. The maximum Gasteiger partial charge on any atom is 0.120 e. The second-order valence-corrected chi connectivity index (χ2v) is 4.47. The van der Waals surface area contributed by atoms with E-state index in [4.69, 9.17) is 0 Å². The van der Waals surface area contributed by atoms with E-state index in [0.717, 1.165) is 24.8 Å². The third-order valence-electron chi connectivity index (χ3n) is 3.28. The second-order valence-electron chi connectivity index (χ2n) is 4.47. The monoisotopic (exact) mass is 207 g/mol. The molecule has 0 aliphatic heterocycles. The zero-order valence-corrected chi connectivity index (χ0v) is 9.77. The minimum Gasteiger partial charge on any atom is -0.345 e. The fraction of sp³-hybridized carbons (Fsp3) is 0.750. The van der Waals surface area contributed by atoms with Gasteiger partial charge in [-0.3, -0.25) is 0 Å². The molecule has 0 spiro atoms. The molecule has 1 aromatic heterocycles. The maximum absolute atomic E-state index is 4.57. The number of rotatable bonds is 4. The average Bonchev–Trinajstić information content (AvgIpc) is 2.83. The number of hydrogen-bond donors (Lipinski definition) is 2. The van der Waals surface area contributed by atoms with E-state index in [1.807, 2.05) is 0 Å². The van der Waals surface area contributed by atoms with Gasteiger partial charge in [0, 0.05) is 11.7 Å². The van der Waals surface area contributed by atoms with Gasteiger partial charge in [-0.1, -0.05) is 19.8 Å². The van der Waals surface area contributed by atoms with Crippen molar-refractivity contribution in [2.45, 2.75) is 58.5 Å². The van der Waals surface area contributed by atoms with Crippen LogP contribution < -0.4 is 5.32 Å². The third-order valence-corrected chi connectivity index (χ3v) is 3.28. The van der Waals surface area contributed by atoms with Gasteiger partial charge in [-0.25, -0.2) is 4.98 Å². The van der Waals surface area contributed by atoms with Gasteiger partial charge in [0.25, 0.3) is 0 Å². The molecule has 0 bridgehead atoms. The van der Waals surface area contributed by atoms with Gasteiger partial charge in [0.15, 0.2) is 0 Å². The van der Waals surface area contributed by atoms with Gasteiger partial charge in [0.1, 0.15) is 5.82 Å². The third kappa shape index (κ3) is 2.59. The molecule has 1 aromatic rings. The molecular weight excluding hydrogens is 186 g/mol. The van der Waals surface area contributed by atoms with Crippen LogP contribution in [0.1, 0.15) is 49.8 Å². The summed E-state index contributed by atoms with van der Waals surface area (Å²) in [7, 11) is 0. The molecule has 0 amide bonds. The molecule has 2 N–H and O–H groups in total. The van der Waals surface area contributed by atoms with Crippen molar-refractivity contribution in [3.63, 3.8) is 0 Å². The van der Waals surface area contributed by atoms with E-state index < -0.39 is 0 Å². The first-order chi connectivity index (χ1) is 7.29. The number of nitrogens with zero attached hydrogens (tertiary/aromatic N) is 1. The molecule has 2 rings (SSSR count). The molecule has 0 saturated heterocycles. The summed E-state index contributed by atoms with van der Waals surface area (Å²) in [6, 6.07) is 0.723. The lowest BCUT2D eigenvalue weighted by atomic mass is 10.2. The van der Waals surface area contributed by atoms with Crippen LogP contribution in [0.4, 0.5) is 0 Å². The van der Waals surface area contributed by atoms with Gasteiger partial charge in [-0.15, -0.1) is 0 Å². The molecule has 1 aliphatic rings. The van der Waals surface area contributed by atoms with E-state index in [1.165, 1.54) is 37.1 Å². The molecule has 0 radical (unpaired) electrons. The topological polar surface area (TPSA) is 40.7 Å². The van der Waals surface area contributed by atoms with Crippen molar-refractivity contribution in [1.29, 1.82) is 0 Å². The number of nitrogens with one attached hydrogen (secondary N) is 2. The summed E-state index contributed by atoms with van der Waals surface area (Å²) in [6.45, 7) is 5.15. The smallest absolute Gasteiger partial charge is 0.120 e. The fourth-order valence-electron chi connectivity index (χ4n) is 2.36. The Hall–Kier alpha value is -0.830. The predicted molar refractivity (Wildman–Crippen MR) is 61.8 cm³/mol. The first-order valence-corrected chi connectivity index (χ1v) is 6.07. The van der Waals surface area contributed by atoms with Crippen LogP contribution >= 0.6 is 0 Å². The van der Waals surface area contributed by atoms with Gasteiger partial charge in [-0.2, -0.15) is 0 Å². The molecule has 1 fully saturated rings. The van der Waals surface area contributed by atoms with E-state index >= 15 is 0 Å². The number of aryl methyl sites for hydroxylation is 2. The molecule has 1 saturated carbocycles. The summed E-state index contributed by atoms with van der Waals surface area (Å²) in [5, 5.41) is 3.57. The lowest BCUT2D eigenvalue weighted by molar-refractivity contribution is 0.515. The van der Waals surface area contributed by atoms with Gasteiger partial charge in [0.2, 0.25) is 0 Å². The summed E-state index contributed by atoms with van der Waals surface area (Å²) in [6.07, 6.45) is 6.45. The molecule has 3 heteroatoms. The fourth-order valence-corrected chi connectivity index (χ4v) is 2.36. The van der Waals surface area contributed by atoms with Crippen molar-refractivity contribution >= 4 is 0 Å². The summed E-state index contributed by atoms with van der Waals surface area (Å²) in [4.78, 5) is 7.92. The van der Waals surface area contributed by atoms with Crippen molar-refractivity contribution in [2.24, 2.45) is 0 Å². The van der Waals surface area contributed by atoms with E-state index in [2.05, 4.69) is 29.1 Å². The van der Waals surface area contributed by atoms with Crippen LogP contribution in [-0.4, -0.2) is 16.0 Å². The number of aromatic nitrogens is 2. The second kappa shape index (κ2) is 4.79. The van der Waals surface area contributed by atoms with Crippen LogP contribution in [0.3, 0.4) is 0 Å². The number of hydrogen-bond acceptors (Lipinski definition) is 2. The largest absolute Gasteiger partial charge is 0.345 e. The zero-order chi connectivity index (χ0) is 10.7. The van der Waals surface area contributed by atoms with E-state index in [0.29, 0.717) is 0 Å². The highest BCUT2D eigenvalue weighted by Gasteiger charge is 2.14. The lowest BCUT2D eigenvalue weighted by Crippen LogP contribution is -2.25. The van der Waals surface area contributed by atoms with Crippen LogP contribution in [0, 0.1) is 6.92 Å². The molecule has 84 valence electrons. The number of H-pyrrole nitrogens is 1. The number of aromatic amines is 1. The molecule has 15 heavy (non-hydrogen) atoms. The highest BCUT2D eigenvalue weighted by Crippen LogP contribution is 2.18. The number of imidazole rings is 1. The standard InChI is InChI=1S/C12H21N3/c1-3-11-9(2)14-12(15-11)8-13-10-6-4-5-7-10/h10,13H,3-8H2,1-2H3,(H,14,15). The van der Waals surface area contributed by atoms with Crippen LogP contribution in [0.15, 0.2) is 0 Å². The van der Waals surface area contributed by atoms with Crippen molar-refractivity contribution in [2.75, 3.05) is 0 Å². The van der Waals surface area contributed by atoms with Crippen molar-refractivity contribution < 1.29 is 0 Å². The Labute approximate surface area is 91.7 Å². The molecule has 1 aliphatic carbocycles. The van der Waals surface area contributed by atoms with Gasteiger partial charge in [-0.05, 0) is 26.2 Å². The highest BCUT2D eigenvalue weighted by molar-refractivity contribution is 5.12. The molecule has 0 atom stereocenters. The molecule has 1 heterocycles. The summed E-state index contributed by atoms with van der Waals surface area (Å²) in [5.41, 5.74) is 2.43. The Balaban J connectivity index is 1.87. The van der Waals surface area contributed by atoms with Gasteiger partial charge in [0.05, 0.1) is 12.2 Å². The van der Waals surface area contributed by atoms with Gasteiger partial charge < -0.3 is 10.3 Å². The van der Waals surface area contributed by atoms with Crippen molar-refractivity contribution in [1.82, 2.24) is 15.3 Å². The van der Waals surface area contributed by atoms with Crippen LogP contribution in [0.2, 0.25) is 0 Å². The van der Waals surface area contributed by atoms with Gasteiger partial charge >= 0.3 is 0 Å². The van der Waals surface area contributed by atoms with E-state index in [1.54, 1.807) is 0 Å². The van der Waals surface area contributed by atoms with E-state index in [-0.39, 0.29) is 0 Å². The Morgan fingerprint density at radius 2 is 2.13 bits per heavy atom. The Morgan fingerprint density at radius 3 is 2.73 bits per heavy atom. The van der Waals surface area contributed by atoms with E-state index in [9.17, 15) is 0 Å². The molecular formula is C12H21N3. The Kier molecular flexibility index (Phi) is 3.41. The van der Waals surface area contributed by atoms with Crippen molar-refractivity contribution in [3.05, 3.63) is 17.2 Å². The Morgan fingerprint density at radius 1 is 1.40 bits per heavy atom. The normalized spacial score (nSPS) is 17.5. The van der Waals surface area contributed by atoms with Crippen molar-refractivity contribution in [3.8, 4) is 0 Å². The summed E-state index contributed by atoms with van der Waals surface area (Å²) < 4.78 is 0. The Bertz CT molecular complexity index is 311.